The van der Waals surface area contributed by atoms with Crippen molar-refractivity contribution in [2.45, 2.75) is 6.92 Å². The van der Waals surface area contributed by atoms with Gasteiger partial charge in [-0.15, -0.1) is 17.9 Å². The summed E-state index contributed by atoms with van der Waals surface area (Å²) >= 11 is 8.74. The van der Waals surface area contributed by atoms with Crippen LogP contribution in [-0.2, 0) is 4.79 Å². The van der Waals surface area contributed by atoms with Gasteiger partial charge < -0.3 is 0 Å². The van der Waals surface area contributed by atoms with E-state index in [-0.39, 0.29) is 5.91 Å². The quantitative estimate of drug-likeness (QED) is 0.559. The Kier molecular flexibility index (Phi) is 5.18. The molecule has 1 aliphatic rings. The number of carbonyl (C=O) groups excluding carboxylic acids is 1. The molecule has 122 valence electrons. The molecular formula is C17H14ClN3OS2. The van der Waals surface area contributed by atoms with Crippen molar-refractivity contribution < 1.29 is 4.79 Å². The Morgan fingerprint density at radius 1 is 1.42 bits per heavy atom. The Balaban J connectivity index is 2.00. The van der Waals surface area contributed by atoms with E-state index < -0.39 is 0 Å². The van der Waals surface area contributed by atoms with Gasteiger partial charge in [-0.25, -0.2) is 4.98 Å². The highest BCUT2D eigenvalue weighted by Crippen LogP contribution is 2.38. The lowest BCUT2D eigenvalue weighted by molar-refractivity contribution is -0.121. The van der Waals surface area contributed by atoms with Crippen LogP contribution in [0.2, 0.25) is 5.02 Å². The van der Waals surface area contributed by atoms with Crippen LogP contribution in [0.4, 0.5) is 5.13 Å². The molecule has 4 nitrogen and oxygen atoms in total. The van der Waals surface area contributed by atoms with Crippen LogP contribution in [0.1, 0.15) is 12.5 Å². The number of rotatable bonds is 4. The smallest absolute Gasteiger partial charge is 0.267 e. The van der Waals surface area contributed by atoms with Crippen LogP contribution in [0.5, 0.6) is 0 Å². The number of carbonyl (C=O) groups is 1. The van der Waals surface area contributed by atoms with Crippen LogP contribution in [0.3, 0.4) is 0 Å². The van der Waals surface area contributed by atoms with Crippen LogP contribution >= 0.6 is 34.7 Å². The number of amidine groups is 1. The van der Waals surface area contributed by atoms with Gasteiger partial charge in [0.05, 0.1) is 4.91 Å². The number of nitrogens with zero attached hydrogens (tertiary/aromatic N) is 3. The molecule has 2 heterocycles. The van der Waals surface area contributed by atoms with Crippen LogP contribution < -0.4 is 0 Å². The monoisotopic (exact) mass is 375 g/mol. The molecule has 0 unspecified atom stereocenters. The molecule has 0 bridgehead atoms. The molecule has 0 radical (unpaired) electrons. The van der Waals surface area contributed by atoms with Crippen LogP contribution in [0.25, 0.3) is 5.57 Å². The van der Waals surface area contributed by atoms with Crippen molar-refractivity contribution in [3.8, 4) is 0 Å². The molecule has 0 N–H and O–H groups in total. The lowest BCUT2D eigenvalue weighted by atomic mass is 10.1. The maximum atomic E-state index is 12.8. The van der Waals surface area contributed by atoms with Gasteiger partial charge >= 0.3 is 0 Å². The normalized spacial score (nSPS) is 18.3. The molecule has 1 saturated heterocycles. The molecule has 0 saturated carbocycles. The van der Waals surface area contributed by atoms with Crippen molar-refractivity contribution in [3.63, 3.8) is 0 Å². The largest absolute Gasteiger partial charge is 0.282 e. The fourth-order valence-electron chi connectivity index (χ4n) is 2.19. The molecule has 1 aromatic heterocycles. The zero-order valence-electron chi connectivity index (χ0n) is 12.9. The van der Waals surface area contributed by atoms with Gasteiger partial charge in [0.25, 0.3) is 5.91 Å². The van der Waals surface area contributed by atoms with Gasteiger partial charge in [0.1, 0.15) is 0 Å². The second kappa shape index (κ2) is 7.34. The number of thioether (sulfide) groups is 1. The minimum absolute atomic E-state index is 0.0670. The minimum atomic E-state index is -0.0670. The lowest BCUT2D eigenvalue weighted by Gasteiger charge is -2.12. The zero-order valence-corrected chi connectivity index (χ0v) is 15.3. The number of hydrogen-bond donors (Lipinski definition) is 0. The van der Waals surface area contributed by atoms with Crippen LogP contribution in [-0.4, -0.2) is 27.5 Å². The van der Waals surface area contributed by atoms with Crippen molar-refractivity contribution in [2.24, 2.45) is 4.99 Å². The Bertz CT molecular complexity index is 826. The average Bonchev–Trinajstić information content (AvgIpc) is 3.19. The molecule has 0 aliphatic carbocycles. The highest BCUT2D eigenvalue weighted by molar-refractivity contribution is 8.18. The van der Waals surface area contributed by atoms with Gasteiger partial charge in [0, 0.05) is 23.1 Å². The number of benzene rings is 1. The molecule has 2 aromatic rings. The van der Waals surface area contributed by atoms with E-state index in [2.05, 4.69) is 16.6 Å². The second-order valence-electron chi connectivity index (χ2n) is 4.98. The highest BCUT2D eigenvalue weighted by Gasteiger charge is 2.34. The van der Waals surface area contributed by atoms with Crippen molar-refractivity contribution in [1.29, 1.82) is 0 Å². The van der Waals surface area contributed by atoms with E-state index in [1.165, 1.54) is 23.1 Å². The van der Waals surface area contributed by atoms with Gasteiger partial charge in [0.15, 0.2) is 5.17 Å². The summed E-state index contributed by atoms with van der Waals surface area (Å²) in [5.41, 5.74) is 1.87. The first-order chi connectivity index (χ1) is 11.6. The summed E-state index contributed by atoms with van der Waals surface area (Å²) in [5, 5.41) is 3.78. The number of halogens is 1. The van der Waals surface area contributed by atoms with Gasteiger partial charge in [0.2, 0.25) is 5.13 Å². The van der Waals surface area contributed by atoms with E-state index in [9.17, 15) is 4.79 Å². The van der Waals surface area contributed by atoms with Gasteiger partial charge in [-0.1, -0.05) is 29.8 Å². The summed E-state index contributed by atoms with van der Waals surface area (Å²) in [6, 6.07) is 7.45. The molecule has 0 spiro atoms. The minimum Gasteiger partial charge on any atom is -0.282 e. The SMILES string of the molecule is C=CCN1C(=O)/C(=C(\C)c2ccc(Cl)cc2)S/C1=N/c1nccs1. The van der Waals surface area contributed by atoms with Crippen LogP contribution in [0.15, 0.2) is 58.4 Å². The molecule has 1 aromatic carbocycles. The number of aliphatic imine (C=N–C) groups is 1. The fraction of sp³-hybridized carbons (Fsp3) is 0.118. The predicted molar refractivity (Wildman–Crippen MR) is 103 cm³/mol. The molecule has 1 amide bonds. The zero-order chi connectivity index (χ0) is 17.1. The molecule has 1 aliphatic heterocycles. The predicted octanol–water partition coefficient (Wildman–Crippen LogP) is 4.98. The fourth-order valence-corrected chi connectivity index (χ4v) is 3.93. The van der Waals surface area contributed by atoms with E-state index in [0.717, 1.165) is 11.1 Å². The standard InChI is InChI=1S/C17H14ClN3OS2/c1-3-9-21-15(22)14(11(2)12-4-6-13(18)7-5-12)24-17(21)20-16-19-8-10-23-16/h3-8,10H,1,9H2,2H3/b14-11-,20-17+. The summed E-state index contributed by atoms with van der Waals surface area (Å²) < 4.78 is 0. The molecular weight excluding hydrogens is 362 g/mol. The molecule has 1 fully saturated rings. The Hall–Kier alpha value is -1.89. The number of amides is 1. The van der Waals surface area contributed by atoms with Crippen molar-refractivity contribution in [3.05, 3.63) is 64.0 Å². The molecule has 0 atom stereocenters. The van der Waals surface area contributed by atoms with E-state index >= 15 is 0 Å². The first-order valence-corrected chi connectivity index (χ1v) is 9.23. The van der Waals surface area contributed by atoms with Crippen LogP contribution in [0, 0.1) is 0 Å². The summed E-state index contributed by atoms with van der Waals surface area (Å²) in [4.78, 5) is 23.7. The molecule has 3 rings (SSSR count). The topological polar surface area (TPSA) is 45.6 Å². The second-order valence-corrected chi connectivity index (χ2v) is 7.26. The lowest BCUT2D eigenvalue weighted by Crippen LogP contribution is -2.29. The summed E-state index contributed by atoms with van der Waals surface area (Å²) in [6.45, 7) is 6.07. The number of hydrogen-bond acceptors (Lipinski definition) is 5. The number of allylic oxidation sites excluding steroid dienone is 1. The van der Waals surface area contributed by atoms with E-state index in [1.54, 1.807) is 17.2 Å². The van der Waals surface area contributed by atoms with Gasteiger partial charge in [-0.05, 0) is 42.0 Å². The first-order valence-electron chi connectivity index (χ1n) is 7.15. The Morgan fingerprint density at radius 3 is 2.79 bits per heavy atom. The van der Waals surface area contributed by atoms with E-state index in [1.807, 2.05) is 36.6 Å². The van der Waals surface area contributed by atoms with E-state index in [0.29, 0.717) is 26.8 Å². The van der Waals surface area contributed by atoms with Gasteiger partial charge in [-0.2, -0.15) is 4.99 Å². The number of thiazole rings is 1. The van der Waals surface area contributed by atoms with E-state index in [4.69, 9.17) is 11.6 Å². The third kappa shape index (κ3) is 3.45. The first kappa shape index (κ1) is 17.0. The molecule has 7 heteroatoms. The third-order valence-electron chi connectivity index (χ3n) is 3.40. The summed E-state index contributed by atoms with van der Waals surface area (Å²) in [6.07, 6.45) is 3.38. The maximum Gasteiger partial charge on any atom is 0.267 e. The van der Waals surface area contributed by atoms with Gasteiger partial charge in [-0.3, -0.25) is 9.69 Å². The average molecular weight is 376 g/mol. The maximum absolute atomic E-state index is 12.8. The molecule has 24 heavy (non-hydrogen) atoms. The summed E-state index contributed by atoms with van der Waals surface area (Å²) in [5.74, 6) is -0.0670. The van der Waals surface area contributed by atoms with Crippen molar-refractivity contribution in [2.75, 3.05) is 6.54 Å². The number of aromatic nitrogens is 1. The van der Waals surface area contributed by atoms with Crippen molar-refractivity contribution in [1.82, 2.24) is 9.88 Å². The summed E-state index contributed by atoms with van der Waals surface area (Å²) in [7, 11) is 0. The Morgan fingerprint density at radius 2 is 2.17 bits per heavy atom. The Labute approximate surface area is 153 Å². The third-order valence-corrected chi connectivity index (χ3v) is 5.50. The van der Waals surface area contributed by atoms with Crippen molar-refractivity contribution >= 4 is 56.5 Å². The highest BCUT2D eigenvalue weighted by atomic mass is 35.5.